The highest BCUT2D eigenvalue weighted by Gasteiger charge is 2.43. The lowest BCUT2D eigenvalue weighted by Crippen LogP contribution is -2.36. The quantitative estimate of drug-likeness (QED) is 0.699. The lowest BCUT2D eigenvalue weighted by Gasteiger charge is -2.37. The van der Waals surface area contributed by atoms with Crippen molar-refractivity contribution in [2.75, 3.05) is 6.61 Å². The van der Waals surface area contributed by atoms with E-state index < -0.39 is 0 Å². The molecule has 1 saturated carbocycles. The molecule has 0 aromatic rings. The van der Waals surface area contributed by atoms with Gasteiger partial charge >= 0.3 is 0 Å². The monoisotopic (exact) mass is 212 g/mol. The molecule has 1 saturated heterocycles. The van der Waals surface area contributed by atoms with E-state index in [0.29, 0.717) is 6.10 Å². The Balaban J connectivity index is 1.86. The molecule has 0 amide bonds. The van der Waals surface area contributed by atoms with Crippen LogP contribution in [0.2, 0.25) is 0 Å². The van der Waals surface area contributed by atoms with Crippen LogP contribution in [0.25, 0.3) is 0 Å². The molecule has 0 aromatic heterocycles. The summed E-state index contributed by atoms with van der Waals surface area (Å²) in [6, 6.07) is 0. The predicted octanol–water partition coefficient (Wildman–Crippen LogP) is 3.35. The summed E-state index contributed by atoms with van der Waals surface area (Å²) in [5, 5.41) is 0. The summed E-state index contributed by atoms with van der Waals surface area (Å²) in [5.41, 5.74) is 0. The average molecular weight is 212 g/mol. The van der Waals surface area contributed by atoms with Gasteiger partial charge in [0.25, 0.3) is 0 Å². The van der Waals surface area contributed by atoms with Crippen LogP contribution in [0.4, 0.5) is 0 Å². The summed E-state index contributed by atoms with van der Waals surface area (Å²) in [4.78, 5) is 0. The molecule has 2 unspecified atom stereocenters. The van der Waals surface area contributed by atoms with Crippen LogP contribution in [0.15, 0.2) is 0 Å². The topological polar surface area (TPSA) is 18.5 Å². The zero-order chi connectivity index (χ0) is 10.9. The zero-order valence-electron chi connectivity index (χ0n) is 10.3. The molecule has 1 aliphatic carbocycles. The van der Waals surface area contributed by atoms with Crippen LogP contribution in [0.1, 0.15) is 52.9 Å². The third kappa shape index (κ3) is 2.36. The fourth-order valence-electron chi connectivity index (χ4n) is 2.95. The van der Waals surface area contributed by atoms with Crippen molar-refractivity contribution >= 4 is 0 Å². The van der Waals surface area contributed by atoms with E-state index in [-0.39, 0.29) is 5.79 Å². The molecule has 1 spiro atoms. The maximum Gasteiger partial charge on any atom is 0.168 e. The Kier molecular flexibility index (Phi) is 3.36. The highest BCUT2D eigenvalue weighted by Crippen LogP contribution is 2.42. The van der Waals surface area contributed by atoms with Gasteiger partial charge in [-0.1, -0.05) is 20.3 Å². The molecule has 15 heavy (non-hydrogen) atoms. The van der Waals surface area contributed by atoms with Gasteiger partial charge in [-0.25, -0.2) is 0 Å². The van der Waals surface area contributed by atoms with Crippen molar-refractivity contribution in [3.63, 3.8) is 0 Å². The molecule has 0 aromatic carbocycles. The first-order chi connectivity index (χ1) is 7.15. The van der Waals surface area contributed by atoms with E-state index in [2.05, 4.69) is 20.8 Å². The van der Waals surface area contributed by atoms with Gasteiger partial charge in [0.15, 0.2) is 5.79 Å². The van der Waals surface area contributed by atoms with Crippen molar-refractivity contribution in [3.8, 4) is 0 Å². The van der Waals surface area contributed by atoms with Crippen molar-refractivity contribution in [3.05, 3.63) is 0 Å². The largest absolute Gasteiger partial charge is 0.347 e. The van der Waals surface area contributed by atoms with Crippen molar-refractivity contribution < 1.29 is 9.47 Å². The third-order valence-corrected chi connectivity index (χ3v) is 4.24. The number of ether oxygens (including phenoxy) is 2. The molecular formula is C13H24O2. The fraction of sp³-hybridized carbons (Fsp3) is 1.00. The molecular weight excluding hydrogens is 188 g/mol. The van der Waals surface area contributed by atoms with Gasteiger partial charge in [-0.3, -0.25) is 0 Å². The van der Waals surface area contributed by atoms with Crippen LogP contribution in [-0.2, 0) is 9.47 Å². The van der Waals surface area contributed by atoms with Crippen LogP contribution >= 0.6 is 0 Å². The first-order valence-corrected chi connectivity index (χ1v) is 6.47. The van der Waals surface area contributed by atoms with E-state index in [4.69, 9.17) is 9.47 Å². The first-order valence-electron chi connectivity index (χ1n) is 6.47. The fourth-order valence-corrected chi connectivity index (χ4v) is 2.95. The number of hydrogen-bond acceptors (Lipinski definition) is 2. The van der Waals surface area contributed by atoms with Gasteiger partial charge in [-0.15, -0.1) is 0 Å². The van der Waals surface area contributed by atoms with Gasteiger partial charge in [0, 0.05) is 12.8 Å². The van der Waals surface area contributed by atoms with Gasteiger partial charge in [-0.2, -0.15) is 0 Å². The second kappa shape index (κ2) is 4.42. The molecule has 2 aliphatic rings. The van der Waals surface area contributed by atoms with Crippen molar-refractivity contribution in [1.29, 1.82) is 0 Å². The minimum atomic E-state index is -0.191. The molecule has 0 N–H and O–H groups in total. The Hall–Kier alpha value is -0.0800. The molecule has 1 aliphatic heterocycles. The predicted molar refractivity (Wildman–Crippen MR) is 60.6 cm³/mol. The molecule has 88 valence electrons. The van der Waals surface area contributed by atoms with Gasteiger partial charge in [-0.05, 0) is 31.6 Å². The SMILES string of the molecule is CCC(C)C1CCC2(CC1)OCC(C)O2. The van der Waals surface area contributed by atoms with E-state index in [1.807, 2.05) is 0 Å². The van der Waals surface area contributed by atoms with Gasteiger partial charge in [0.2, 0.25) is 0 Å². The lowest BCUT2D eigenvalue weighted by molar-refractivity contribution is -0.192. The van der Waals surface area contributed by atoms with Crippen LogP contribution < -0.4 is 0 Å². The number of hydrogen-bond donors (Lipinski definition) is 0. The Morgan fingerprint density at radius 2 is 2.00 bits per heavy atom. The Morgan fingerprint density at radius 3 is 2.47 bits per heavy atom. The van der Waals surface area contributed by atoms with Crippen LogP contribution in [0, 0.1) is 11.8 Å². The molecule has 0 bridgehead atoms. The van der Waals surface area contributed by atoms with E-state index >= 15 is 0 Å². The second-order valence-corrected chi connectivity index (χ2v) is 5.37. The van der Waals surface area contributed by atoms with Crippen LogP contribution in [-0.4, -0.2) is 18.5 Å². The summed E-state index contributed by atoms with van der Waals surface area (Å²) >= 11 is 0. The highest BCUT2D eigenvalue weighted by atomic mass is 16.7. The van der Waals surface area contributed by atoms with E-state index in [0.717, 1.165) is 31.3 Å². The minimum absolute atomic E-state index is 0.191. The maximum absolute atomic E-state index is 5.93. The summed E-state index contributed by atoms with van der Waals surface area (Å²) in [5.74, 6) is 1.56. The zero-order valence-corrected chi connectivity index (χ0v) is 10.3. The molecule has 0 radical (unpaired) electrons. The smallest absolute Gasteiger partial charge is 0.168 e. The first kappa shape index (κ1) is 11.4. The Morgan fingerprint density at radius 1 is 1.33 bits per heavy atom. The van der Waals surface area contributed by atoms with Crippen molar-refractivity contribution in [2.24, 2.45) is 11.8 Å². The summed E-state index contributed by atoms with van der Waals surface area (Å²) in [6.07, 6.45) is 6.36. The highest BCUT2D eigenvalue weighted by molar-refractivity contribution is 4.85. The van der Waals surface area contributed by atoms with Crippen molar-refractivity contribution in [1.82, 2.24) is 0 Å². The van der Waals surface area contributed by atoms with Crippen LogP contribution in [0.3, 0.4) is 0 Å². The van der Waals surface area contributed by atoms with E-state index in [9.17, 15) is 0 Å². The Labute approximate surface area is 93.3 Å². The molecule has 1 heterocycles. The molecule has 2 rings (SSSR count). The van der Waals surface area contributed by atoms with E-state index in [1.165, 1.54) is 19.3 Å². The normalized spacial score (nSPS) is 43.4. The standard InChI is InChI=1S/C13H24O2/c1-4-10(2)12-5-7-13(8-6-12)14-9-11(3)15-13/h10-12H,4-9H2,1-3H3. The Bertz CT molecular complexity index is 207. The summed E-state index contributed by atoms with van der Waals surface area (Å²) in [7, 11) is 0. The molecule has 2 atom stereocenters. The molecule has 2 nitrogen and oxygen atoms in total. The van der Waals surface area contributed by atoms with Crippen molar-refractivity contribution in [2.45, 2.75) is 64.8 Å². The van der Waals surface area contributed by atoms with Crippen LogP contribution in [0.5, 0.6) is 0 Å². The summed E-state index contributed by atoms with van der Waals surface area (Å²) < 4.78 is 11.8. The average Bonchev–Trinajstić information content (AvgIpc) is 2.60. The third-order valence-electron chi connectivity index (χ3n) is 4.24. The second-order valence-electron chi connectivity index (χ2n) is 5.37. The lowest BCUT2D eigenvalue weighted by atomic mass is 9.77. The van der Waals surface area contributed by atoms with Gasteiger partial charge in [0.1, 0.15) is 0 Å². The minimum Gasteiger partial charge on any atom is -0.347 e. The molecule has 2 heteroatoms. The molecule has 2 fully saturated rings. The summed E-state index contributed by atoms with van der Waals surface area (Å²) in [6.45, 7) is 7.56. The van der Waals surface area contributed by atoms with E-state index in [1.54, 1.807) is 0 Å². The number of rotatable bonds is 2. The maximum atomic E-state index is 5.93. The van der Waals surface area contributed by atoms with Gasteiger partial charge in [0.05, 0.1) is 12.7 Å². The van der Waals surface area contributed by atoms with Gasteiger partial charge < -0.3 is 9.47 Å².